The van der Waals surface area contributed by atoms with E-state index < -0.39 is 11.0 Å². The van der Waals surface area contributed by atoms with E-state index >= 15 is 0 Å². The van der Waals surface area contributed by atoms with Crippen LogP contribution in [0.2, 0.25) is 0 Å². The van der Waals surface area contributed by atoms with E-state index in [1.807, 2.05) is 13.8 Å². The van der Waals surface area contributed by atoms with E-state index in [1.165, 1.54) is 7.11 Å². The Hall–Kier alpha value is -0.320. The van der Waals surface area contributed by atoms with Gasteiger partial charge in [-0.05, 0) is 13.8 Å². The Kier molecular flexibility index (Phi) is 5.70. The van der Waals surface area contributed by atoms with Crippen LogP contribution in [-0.4, -0.2) is 43.8 Å². The van der Waals surface area contributed by atoms with Gasteiger partial charge in [0.1, 0.15) is 5.60 Å². The molecule has 0 radical (unpaired) electrons. The highest BCUT2D eigenvalue weighted by Crippen LogP contribution is 2.28. The molecular formula is C12H23ClNO3+. The molecule has 0 aromatic heterocycles. The fraction of sp³-hybridized carbons (Fsp3) is 0.917. The standard InChI is InChI=1S/C12H22ClNO3/c1-12(2,9-4-6-14-7-5-9)17-11(15)10(13)8-16-3/h9-10,14H,4-8H2,1-3H3/p+1. The number of esters is 1. The molecule has 100 valence electrons. The highest BCUT2D eigenvalue weighted by molar-refractivity contribution is 6.30. The van der Waals surface area contributed by atoms with E-state index in [4.69, 9.17) is 21.1 Å². The molecule has 1 heterocycles. The van der Waals surface area contributed by atoms with Crippen molar-refractivity contribution >= 4 is 17.6 Å². The van der Waals surface area contributed by atoms with E-state index in [0.717, 1.165) is 25.9 Å². The molecule has 4 nitrogen and oxygen atoms in total. The molecule has 0 bridgehead atoms. The summed E-state index contributed by atoms with van der Waals surface area (Å²) >= 11 is 5.87. The Morgan fingerprint density at radius 2 is 2.06 bits per heavy atom. The summed E-state index contributed by atoms with van der Waals surface area (Å²) in [7, 11) is 1.52. The van der Waals surface area contributed by atoms with Crippen molar-refractivity contribution in [3.8, 4) is 0 Å². The van der Waals surface area contributed by atoms with Gasteiger partial charge in [-0.25, -0.2) is 0 Å². The van der Waals surface area contributed by atoms with Gasteiger partial charge in [-0.3, -0.25) is 4.79 Å². The Morgan fingerprint density at radius 3 is 2.59 bits per heavy atom. The molecule has 1 unspecified atom stereocenters. The summed E-state index contributed by atoms with van der Waals surface area (Å²) < 4.78 is 10.4. The maximum Gasteiger partial charge on any atom is 0.326 e. The number of piperidine rings is 1. The van der Waals surface area contributed by atoms with Gasteiger partial charge in [0, 0.05) is 25.9 Å². The second-order valence-corrected chi connectivity index (χ2v) is 5.61. The van der Waals surface area contributed by atoms with Crippen molar-refractivity contribution in [2.24, 2.45) is 5.92 Å². The predicted molar refractivity (Wildman–Crippen MR) is 66.1 cm³/mol. The topological polar surface area (TPSA) is 52.1 Å². The quantitative estimate of drug-likeness (QED) is 0.582. The largest absolute Gasteiger partial charge is 0.458 e. The highest BCUT2D eigenvalue weighted by Gasteiger charge is 2.36. The summed E-state index contributed by atoms with van der Waals surface area (Å²) in [5.74, 6) is 0.0379. The second kappa shape index (κ2) is 6.57. The van der Waals surface area contributed by atoms with Gasteiger partial charge in [0.25, 0.3) is 0 Å². The number of halogens is 1. The molecule has 0 amide bonds. The number of ether oxygens (including phenoxy) is 2. The molecule has 0 aliphatic carbocycles. The van der Waals surface area contributed by atoms with Crippen LogP contribution in [0.3, 0.4) is 0 Å². The maximum atomic E-state index is 11.7. The van der Waals surface area contributed by atoms with E-state index in [9.17, 15) is 4.79 Å². The fourth-order valence-corrected chi connectivity index (χ4v) is 2.41. The number of methoxy groups -OCH3 is 1. The zero-order chi connectivity index (χ0) is 12.9. The first-order valence-electron chi connectivity index (χ1n) is 6.15. The Labute approximate surface area is 108 Å². The lowest BCUT2D eigenvalue weighted by molar-refractivity contribution is -0.665. The lowest BCUT2D eigenvalue weighted by Crippen LogP contribution is -2.86. The van der Waals surface area contributed by atoms with E-state index in [2.05, 4.69) is 5.32 Å². The monoisotopic (exact) mass is 264 g/mol. The smallest absolute Gasteiger partial charge is 0.326 e. The van der Waals surface area contributed by atoms with Crippen molar-refractivity contribution in [1.82, 2.24) is 0 Å². The van der Waals surface area contributed by atoms with Crippen LogP contribution in [0.5, 0.6) is 0 Å². The summed E-state index contributed by atoms with van der Waals surface area (Å²) in [6.45, 7) is 6.34. The molecule has 1 aliphatic rings. The number of nitrogens with two attached hydrogens (primary N) is 1. The lowest BCUT2D eigenvalue weighted by Gasteiger charge is -2.35. The average Bonchev–Trinajstić information content (AvgIpc) is 2.30. The minimum atomic E-state index is -0.713. The minimum Gasteiger partial charge on any atom is -0.458 e. The number of carbonyl (C=O) groups is 1. The minimum absolute atomic E-state index is 0.189. The third-order valence-corrected chi connectivity index (χ3v) is 3.66. The normalized spacial score (nSPS) is 20.0. The first-order chi connectivity index (χ1) is 7.97. The van der Waals surface area contributed by atoms with Gasteiger partial charge in [0.15, 0.2) is 5.38 Å². The van der Waals surface area contributed by atoms with Crippen LogP contribution in [0.4, 0.5) is 0 Å². The van der Waals surface area contributed by atoms with Crippen molar-refractivity contribution in [1.29, 1.82) is 0 Å². The molecule has 1 atom stereocenters. The number of quaternary nitrogens is 1. The summed E-state index contributed by atoms with van der Waals surface area (Å²) in [5, 5.41) is 1.58. The van der Waals surface area contributed by atoms with Crippen molar-refractivity contribution in [2.45, 2.75) is 37.7 Å². The Balaban J connectivity index is 2.49. The van der Waals surface area contributed by atoms with Crippen molar-refractivity contribution in [3.63, 3.8) is 0 Å². The van der Waals surface area contributed by atoms with E-state index in [1.54, 1.807) is 0 Å². The molecular weight excluding hydrogens is 242 g/mol. The summed E-state index contributed by atoms with van der Waals surface area (Å²) in [6.07, 6.45) is 2.16. The van der Waals surface area contributed by atoms with Crippen LogP contribution in [0.1, 0.15) is 26.7 Å². The van der Waals surface area contributed by atoms with Crippen molar-refractivity contribution in [2.75, 3.05) is 26.8 Å². The van der Waals surface area contributed by atoms with Crippen molar-refractivity contribution < 1.29 is 19.6 Å². The average molecular weight is 265 g/mol. The number of hydrogen-bond acceptors (Lipinski definition) is 3. The highest BCUT2D eigenvalue weighted by atomic mass is 35.5. The molecule has 2 N–H and O–H groups in total. The van der Waals surface area contributed by atoms with Gasteiger partial charge < -0.3 is 14.8 Å². The number of rotatable bonds is 5. The summed E-state index contributed by atoms with van der Waals surface area (Å²) in [4.78, 5) is 11.7. The van der Waals surface area contributed by atoms with Crippen LogP contribution < -0.4 is 5.32 Å². The van der Waals surface area contributed by atoms with E-state index in [-0.39, 0.29) is 12.6 Å². The van der Waals surface area contributed by atoms with Crippen molar-refractivity contribution in [3.05, 3.63) is 0 Å². The van der Waals surface area contributed by atoms with Gasteiger partial charge in [0.2, 0.25) is 0 Å². The number of alkyl halides is 1. The summed E-state index contributed by atoms with van der Waals surface area (Å²) in [5.41, 5.74) is -0.438. The zero-order valence-corrected chi connectivity index (χ0v) is 11.6. The summed E-state index contributed by atoms with van der Waals surface area (Å²) in [6, 6.07) is 0. The van der Waals surface area contributed by atoms with Gasteiger partial charge in [-0.1, -0.05) is 0 Å². The molecule has 0 saturated carbocycles. The second-order valence-electron chi connectivity index (χ2n) is 5.09. The third kappa shape index (κ3) is 4.45. The number of carbonyl (C=O) groups excluding carboxylic acids is 1. The van der Waals surface area contributed by atoms with Crippen LogP contribution in [0, 0.1) is 5.92 Å². The third-order valence-electron chi connectivity index (χ3n) is 3.35. The SMILES string of the molecule is COCC(Cl)C(=O)OC(C)(C)C1CC[NH2+]CC1. The van der Waals surface area contributed by atoms with Crippen LogP contribution in [0.25, 0.3) is 0 Å². The van der Waals surface area contributed by atoms with Gasteiger partial charge in [0.05, 0.1) is 19.7 Å². The van der Waals surface area contributed by atoms with Crippen LogP contribution >= 0.6 is 11.6 Å². The van der Waals surface area contributed by atoms with Crippen LogP contribution in [0.15, 0.2) is 0 Å². The van der Waals surface area contributed by atoms with Gasteiger partial charge >= 0.3 is 5.97 Å². The number of hydrogen-bond donors (Lipinski definition) is 1. The maximum absolute atomic E-state index is 11.7. The molecule has 1 fully saturated rings. The van der Waals surface area contributed by atoms with Crippen LogP contribution in [-0.2, 0) is 14.3 Å². The molecule has 0 aromatic carbocycles. The first kappa shape index (κ1) is 14.7. The first-order valence-corrected chi connectivity index (χ1v) is 6.58. The van der Waals surface area contributed by atoms with Gasteiger partial charge in [-0.2, -0.15) is 0 Å². The lowest BCUT2D eigenvalue weighted by atomic mass is 9.83. The van der Waals surface area contributed by atoms with E-state index in [0.29, 0.717) is 5.92 Å². The fourth-order valence-electron chi connectivity index (χ4n) is 2.24. The molecule has 1 rings (SSSR count). The Morgan fingerprint density at radius 1 is 1.47 bits per heavy atom. The molecule has 1 aliphatic heterocycles. The molecule has 0 spiro atoms. The predicted octanol–water partition coefficient (Wildman–Crippen LogP) is 0.535. The molecule has 1 saturated heterocycles. The molecule has 0 aromatic rings. The Bertz CT molecular complexity index is 252. The zero-order valence-electron chi connectivity index (χ0n) is 10.9. The molecule has 5 heteroatoms. The molecule has 17 heavy (non-hydrogen) atoms. The van der Waals surface area contributed by atoms with Gasteiger partial charge in [-0.15, -0.1) is 11.6 Å².